The molecule has 3 aromatic carbocycles. The Bertz CT molecular complexity index is 1730. The number of β-lactam (4-membered cyclic amide) rings is 1. The Hall–Kier alpha value is -4.90. The van der Waals surface area contributed by atoms with E-state index in [0.717, 1.165) is 11.1 Å². The quantitative estimate of drug-likeness (QED) is 0.182. The maximum atomic E-state index is 14.4. The van der Waals surface area contributed by atoms with Crippen LogP contribution < -0.4 is 5.32 Å². The van der Waals surface area contributed by atoms with E-state index >= 15 is 0 Å². The second-order valence-corrected chi connectivity index (χ2v) is 13.8. The highest BCUT2D eigenvalue weighted by Gasteiger charge is 2.56. The molecule has 2 saturated heterocycles. The summed E-state index contributed by atoms with van der Waals surface area (Å²) < 4.78 is 25.9. The van der Waals surface area contributed by atoms with Gasteiger partial charge < -0.3 is 24.6 Å². The number of fused-ring (bicyclic) bond motifs is 1. The standard InChI is InChI=1S/C37H36FN3O6S/c1-37(2,3)47-36(45)39-29-33(43)41-30(35(44)46-31(23-12-6-4-7-13-23)24-14-8-5-9-15-24)27(22-48-34(29)41)20-25-18-19-40(32(25)42)21-26-16-10-11-17-28(26)38/h4-17,20,22,29-31,34H,18-19,21H2,1-3H3,(H,39,45)/t29-,30-,34-/m1/s1. The first-order chi connectivity index (χ1) is 23.0. The van der Waals surface area contributed by atoms with Crippen molar-refractivity contribution in [1.29, 1.82) is 0 Å². The van der Waals surface area contributed by atoms with Crippen molar-refractivity contribution in [3.63, 3.8) is 0 Å². The van der Waals surface area contributed by atoms with Crippen molar-refractivity contribution < 1.29 is 33.0 Å². The molecule has 0 spiro atoms. The molecule has 0 bridgehead atoms. The fraction of sp³-hybridized carbons (Fsp3) is 0.297. The van der Waals surface area contributed by atoms with Gasteiger partial charge in [0.1, 0.15) is 22.8 Å². The van der Waals surface area contributed by atoms with Crippen molar-refractivity contribution in [2.24, 2.45) is 0 Å². The Morgan fingerprint density at radius 1 is 0.979 bits per heavy atom. The molecule has 11 heteroatoms. The summed E-state index contributed by atoms with van der Waals surface area (Å²) in [6.07, 6.45) is 0.518. The van der Waals surface area contributed by atoms with Crippen molar-refractivity contribution in [1.82, 2.24) is 15.1 Å². The van der Waals surface area contributed by atoms with Gasteiger partial charge in [-0.15, -0.1) is 11.8 Å². The zero-order chi connectivity index (χ0) is 34.0. The molecule has 3 aliphatic rings. The summed E-state index contributed by atoms with van der Waals surface area (Å²) in [4.78, 5) is 56.9. The SMILES string of the molecule is CC(C)(C)OC(=O)N[C@@H]1C(=O)N2[C@@H](C(=O)OC(c3ccccc3)c3ccccc3)C(C=C3CCN(Cc4ccccc4F)C3=O)=CS[C@H]12. The van der Waals surface area contributed by atoms with E-state index < -0.39 is 47.1 Å². The Labute approximate surface area is 282 Å². The zero-order valence-corrected chi connectivity index (χ0v) is 27.6. The predicted octanol–water partition coefficient (Wildman–Crippen LogP) is 5.88. The topological polar surface area (TPSA) is 105 Å². The molecule has 3 heterocycles. The minimum atomic E-state index is -1.18. The average molecular weight is 670 g/mol. The number of carbonyl (C=O) groups excluding carboxylic acids is 4. The fourth-order valence-electron chi connectivity index (χ4n) is 5.96. The molecule has 1 N–H and O–H groups in total. The number of rotatable bonds is 8. The molecule has 3 aromatic rings. The van der Waals surface area contributed by atoms with Crippen LogP contribution >= 0.6 is 11.8 Å². The number of nitrogens with zero attached hydrogens (tertiary/aromatic N) is 2. The average Bonchev–Trinajstić information content (AvgIpc) is 3.41. The predicted molar refractivity (Wildman–Crippen MR) is 179 cm³/mol. The van der Waals surface area contributed by atoms with Crippen LogP contribution in [0.5, 0.6) is 0 Å². The Morgan fingerprint density at radius 3 is 2.23 bits per heavy atom. The van der Waals surface area contributed by atoms with Crippen LogP contribution in [-0.2, 0) is 30.4 Å². The van der Waals surface area contributed by atoms with Crippen LogP contribution in [0.25, 0.3) is 0 Å². The van der Waals surface area contributed by atoms with Gasteiger partial charge in [-0.1, -0.05) is 78.9 Å². The zero-order valence-electron chi connectivity index (χ0n) is 26.8. The number of hydrogen-bond acceptors (Lipinski definition) is 7. The van der Waals surface area contributed by atoms with E-state index in [1.807, 2.05) is 60.7 Å². The Morgan fingerprint density at radius 2 is 1.60 bits per heavy atom. The lowest BCUT2D eigenvalue weighted by atomic mass is 9.95. The lowest BCUT2D eigenvalue weighted by Crippen LogP contribution is -2.74. The lowest BCUT2D eigenvalue weighted by Gasteiger charge is -2.51. The second kappa shape index (κ2) is 13.7. The van der Waals surface area contributed by atoms with E-state index in [2.05, 4.69) is 5.32 Å². The van der Waals surface area contributed by atoms with E-state index in [0.29, 0.717) is 29.7 Å². The summed E-state index contributed by atoms with van der Waals surface area (Å²) in [5, 5.41) is 3.78. The van der Waals surface area contributed by atoms with E-state index in [4.69, 9.17) is 9.47 Å². The lowest BCUT2D eigenvalue weighted by molar-refractivity contribution is -0.164. The summed E-state index contributed by atoms with van der Waals surface area (Å²) in [7, 11) is 0. The third-order valence-corrected chi connectivity index (χ3v) is 9.41. The number of benzene rings is 3. The van der Waals surface area contributed by atoms with Gasteiger partial charge in [0, 0.05) is 24.2 Å². The summed E-state index contributed by atoms with van der Waals surface area (Å²) in [5.74, 6) is -1.82. The minimum Gasteiger partial charge on any atom is -0.451 e. The Kier molecular flexibility index (Phi) is 9.41. The number of alkyl carbamates (subject to hydrolysis) is 1. The van der Waals surface area contributed by atoms with Crippen LogP contribution in [0.4, 0.5) is 9.18 Å². The highest BCUT2D eigenvalue weighted by atomic mass is 32.2. The number of carbonyl (C=O) groups is 4. The number of amides is 3. The number of ether oxygens (including phenoxy) is 2. The first kappa shape index (κ1) is 33.0. The molecular formula is C37H36FN3O6S. The van der Waals surface area contributed by atoms with Gasteiger partial charge in [-0.05, 0) is 61.4 Å². The van der Waals surface area contributed by atoms with Crippen molar-refractivity contribution in [3.05, 3.63) is 130 Å². The van der Waals surface area contributed by atoms with Crippen molar-refractivity contribution >= 4 is 35.6 Å². The smallest absolute Gasteiger partial charge is 0.408 e. The van der Waals surface area contributed by atoms with Gasteiger partial charge in [0.15, 0.2) is 12.1 Å². The third kappa shape index (κ3) is 7.01. The summed E-state index contributed by atoms with van der Waals surface area (Å²) in [6.45, 7) is 5.67. The van der Waals surface area contributed by atoms with Gasteiger partial charge >= 0.3 is 12.1 Å². The molecule has 6 rings (SSSR count). The van der Waals surface area contributed by atoms with Crippen LogP contribution in [0, 0.1) is 5.82 Å². The van der Waals surface area contributed by atoms with Crippen LogP contribution in [-0.4, -0.2) is 63.3 Å². The number of halogens is 1. The van der Waals surface area contributed by atoms with Gasteiger partial charge in [0.25, 0.3) is 0 Å². The van der Waals surface area contributed by atoms with E-state index in [-0.39, 0.29) is 18.3 Å². The summed E-state index contributed by atoms with van der Waals surface area (Å²) in [5.41, 5.74) is 1.99. The Balaban J connectivity index is 1.29. The molecule has 2 fully saturated rings. The molecule has 0 unspecified atom stereocenters. The first-order valence-corrected chi connectivity index (χ1v) is 16.7. The number of likely N-dealkylation sites (tertiary alicyclic amines) is 1. The maximum absolute atomic E-state index is 14.4. The van der Waals surface area contributed by atoms with Gasteiger partial charge in [-0.2, -0.15) is 0 Å². The van der Waals surface area contributed by atoms with Gasteiger partial charge in [-0.25, -0.2) is 14.0 Å². The first-order valence-electron chi connectivity index (χ1n) is 15.7. The number of esters is 1. The van der Waals surface area contributed by atoms with Crippen molar-refractivity contribution in [3.8, 4) is 0 Å². The van der Waals surface area contributed by atoms with Gasteiger partial charge in [0.2, 0.25) is 11.8 Å². The highest BCUT2D eigenvalue weighted by Crippen LogP contribution is 2.42. The molecule has 0 aromatic heterocycles. The molecule has 9 nitrogen and oxygen atoms in total. The number of hydrogen-bond donors (Lipinski definition) is 1. The van der Waals surface area contributed by atoms with E-state index in [1.54, 1.807) is 55.4 Å². The molecule has 248 valence electrons. The molecule has 3 atom stereocenters. The maximum Gasteiger partial charge on any atom is 0.408 e. The molecule has 0 aliphatic carbocycles. The van der Waals surface area contributed by atoms with Crippen LogP contribution in [0.2, 0.25) is 0 Å². The monoisotopic (exact) mass is 669 g/mol. The molecule has 3 aliphatic heterocycles. The van der Waals surface area contributed by atoms with Crippen LogP contribution in [0.15, 0.2) is 108 Å². The van der Waals surface area contributed by atoms with Crippen molar-refractivity contribution in [2.75, 3.05) is 6.54 Å². The summed E-state index contributed by atoms with van der Waals surface area (Å²) >= 11 is 1.26. The fourth-order valence-corrected chi connectivity index (χ4v) is 7.15. The van der Waals surface area contributed by atoms with E-state index in [9.17, 15) is 23.6 Å². The number of nitrogens with one attached hydrogen (secondary N) is 1. The molecule has 3 amide bonds. The third-order valence-electron chi connectivity index (χ3n) is 8.22. The van der Waals surface area contributed by atoms with Crippen LogP contribution in [0.3, 0.4) is 0 Å². The molecular weight excluding hydrogens is 633 g/mol. The van der Waals surface area contributed by atoms with E-state index in [1.165, 1.54) is 22.7 Å². The molecule has 48 heavy (non-hydrogen) atoms. The van der Waals surface area contributed by atoms with Gasteiger partial charge in [0.05, 0.1) is 0 Å². The summed E-state index contributed by atoms with van der Waals surface area (Å²) in [6, 6.07) is 22.8. The largest absolute Gasteiger partial charge is 0.451 e. The van der Waals surface area contributed by atoms with Crippen molar-refractivity contribution in [2.45, 2.75) is 62.9 Å². The molecule has 0 saturated carbocycles. The second-order valence-electron chi connectivity index (χ2n) is 12.8. The van der Waals surface area contributed by atoms with Crippen LogP contribution in [0.1, 0.15) is 50.0 Å². The minimum absolute atomic E-state index is 0.114. The normalized spacial score (nSPS) is 21.5. The molecule has 0 radical (unpaired) electrons. The highest BCUT2D eigenvalue weighted by molar-refractivity contribution is 8.03. The number of thioether (sulfide) groups is 1. The van der Waals surface area contributed by atoms with Gasteiger partial charge in [-0.3, -0.25) is 9.59 Å².